The predicted molar refractivity (Wildman–Crippen MR) is 79.0 cm³/mol. The number of nitrogens with zero attached hydrogens (tertiary/aromatic N) is 2. The van der Waals surface area contributed by atoms with Crippen molar-refractivity contribution >= 4 is 23.0 Å². The molecule has 6 heteroatoms. The summed E-state index contributed by atoms with van der Waals surface area (Å²) in [5.41, 5.74) is 14.1. The maximum atomic E-state index is 5.84. The molecule has 0 saturated carbocycles. The second kappa shape index (κ2) is 4.86. The highest BCUT2D eigenvalue weighted by Crippen LogP contribution is 2.26. The molecule has 20 heavy (non-hydrogen) atoms. The van der Waals surface area contributed by atoms with Gasteiger partial charge in [-0.2, -0.15) is 4.98 Å². The lowest BCUT2D eigenvalue weighted by molar-refractivity contribution is 0.432. The summed E-state index contributed by atoms with van der Waals surface area (Å²) in [5, 5.41) is 4.59. The minimum Gasteiger partial charge on any atom is -0.399 e. The Morgan fingerprint density at radius 1 is 0.900 bits per heavy atom. The number of hydrogen-bond donors (Lipinski definition) is 2. The fourth-order valence-corrected chi connectivity index (χ4v) is 1.98. The van der Waals surface area contributed by atoms with Crippen LogP contribution in [0, 0.1) is 0 Å². The van der Waals surface area contributed by atoms with Crippen LogP contribution in [0.2, 0.25) is 5.02 Å². The maximum absolute atomic E-state index is 5.84. The number of nitrogens with two attached hydrogens (primary N) is 2. The van der Waals surface area contributed by atoms with Crippen LogP contribution in [0.4, 0.5) is 11.4 Å². The van der Waals surface area contributed by atoms with Crippen molar-refractivity contribution in [2.45, 2.75) is 0 Å². The Bertz CT molecular complexity index is 732. The van der Waals surface area contributed by atoms with E-state index in [4.69, 9.17) is 27.6 Å². The van der Waals surface area contributed by atoms with Gasteiger partial charge in [0.1, 0.15) is 0 Å². The number of nitrogen functional groups attached to an aromatic ring is 2. The Balaban J connectivity index is 1.99. The van der Waals surface area contributed by atoms with Crippen LogP contribution < -0.4 is 11.5 Å². The van der Waals surface area contributed by atoms with Crippen LogP contribution in [0.5, 0.6) is 0 Å². The zero-order chi connectivity index (χ0) is 14.1. The van der Waals surface area contributed by atoms with E-state index in [1.807, 2.05) is 12.1 Å². The van der Waals surface area contributed by atoms with E-state index in [-0.39, 0.29) is 0 Å². The second-order valence-electron chi connectivity index (χ2n) is 4.32. The molecule has 0 aliphatic rings. The Labute approximate surface area is 120 Å². The molecule has 0 atom stereocenters. The van der Waals surface area contributed by atoms with E-state index in [1.165, 1.54) is 0 Å². The van der Waals surface area contributed by atoms with Crippen molar-refractivity contribution in [2.24, 2.45) is 0 Å². The summed E-state index contributed by atoms with van der Waals surface area (Å²) in [6.07, 6.45) is 0. The largest absolute Gasteiger partial charge is 0.399 e. The first-order valence-electron chi connectivity index (χ1n) is 5.88. The Kier molecular flexibility index (Phi) is 3.04. The molecule has 1 aromatic heterocycles. The molecular weight excluding hydrogens is 276 g/mol. The molecular formula is C14H11ClN4O. The Morgan fingerprint density at radius 2 is 1.55 bits per heavy atom. The van der Waals surface area contributed by atoms with Gasteiger partial charge < -0.3 is 16.0 Å². The molecule has 0 amide bonds. The van der Waals surface area contributed by atoms with E-state index in [9.17, 15) is 0 Å². The number of aromatic nitrogens is 2. The van der Waals surface area contributed by atoms with Crippen molar-refractivity contribution in [1.29, 1.82) is 0 Å². The molecule has 2 aromatic carbocycles. The van der Waals surface area contributed by atoms with Crippen LogP contribution in [-0.4, -0.2) is 10.1 Å². The summed E-state index contributed by atoms with van der Waals surface area (Å²) in [7, 11) is 0. The summed E-state index contributed by atoms with van der Waals surface area (Å²) in [4.78, 5) is 4.33. The van der Waals surface area contributed by atoms with Crippen LogP contribution in [-0.2, 0) is 0 Å². The van der Waals surface area contributed by atoms with E-state index in [1.54, 1.807) is 30.3 Å². The zero-order valence-corrected chi connectivity index (χ0v) is 11.1. The van der Waals surface area contributed by atoms with E-state index < -0.39 is 0 Å². The monoisotopic (exact) mass is 286 g/mol. The van der Waals surface area contributed by atoms with Gasteiger partial charge in [-0.15, -0.1) is 0 Å². The Morgan fingerprint density at radius 3 is 2.20 bits per heavy atom. The van der Waals surface area contributed by atoms with Gasteiger partial charge in [-0.3, -0.25) is 0 Å². The molecule has 0 aliphatic heterocycles. The number of benzene rings is 2. The highest BCUT2D eigenvalue weighted by atomic mass is 35.5. The third-order valence-corrected chi connectivity index (χ3v) is 3.01. The minimum atomic E-state index is 0.369. The van der Waals surface area contributed by atoms with Crippen molar-refractivity contribution < 1.29 is 4.52 Å². The zero-order valence-electron chi connectivity index (χ0n) is 10.4. The lowest BCUT2D eigenvalue weighted by Crippen LogP contribution is -1.91. The maximum Gasteiger partial charge on any atom is 0.258 e. The van der Waals surface area contributed by atoms with Crippen LogP contribution in [0.15, 0.2) is 47.0 Å². The van der Waals surface area contributed by atoms with Gasteiger partial charge in [0.15, 0.2) is 0 Å². The summed E-state index contributed by atoms with van der Waals surface area (Å²) in [6.45, 7) is 0. The van der Waals surface area contributed by atoms with Gasteiger partial charge in [0.05, 0.1) is 0 Å². The van der Waals surface area contributed by atoms with Crippen molar-refractivity contribution in [2.75, 3.05) is 11.5 Å². The molecule has 0 spiro atoms. The second-order valence-corrected chi connectivity index (χ2v) is 4.75. The first-order valence-corrected chi connectivity index (χ1v) is 6.26. The molecule has 0 aliphatic carbocycles. The van der Waals surface area contributed by atoms with E-state index >= 15 is 0 Å². The van der Waals surface area contributed by atoms with Crippen LogP contribution in [0.3, 0.4) is 0 Å². The van der Waals surface area contributed by atoms with Crippen molar-refractivity contribution in [3.63, 3.8) is 0 Å². The van der Waals surface area contributed by atoms with Gasteiger partial charge in [0, 0.05) is 27.5 Å². The third-order valence-electron chi connectivity index (χ3n) is 2.75. The van der Waals surface area contributed by atoms with Crippen LogP contribution in [0.25, 0.3) is 22.8 Å². The van der Waals surface area contributed by atoms with E-state index in [0.717, 1.165) is 5.56 Å². The van der Waals surface area contributed by atoms with Gasteiger partial charge in [0.2, 0.25) is 5.82 Å². The van der Waals surface area contributed by atoms with Crippen molar-refractivity contribution in [1.82, 2.24) is 10.1 Å². The fraction of sp³-hybridized carbons (Fsp3) is 0. The molecule has 4 N–H and O–H groups in total. The smallest absolute Gasteiger partial charge is 0.258 e. The lowest BCUT2D eigenvalue weighted by atomic mass is 10.1. The van der Waals surface area contributed by atoms with Crippen molar-refractivity contribution in [3.8, 4) is 22.8 Å². The average molecular weight is 287 g/mol. The molecule has 3 rings (SSSR count). The first-order chi connectivity index (χ1) is 9.61. The summed E-state index contributed by atoms with van der Waals surface area (Å²) in [6, 6.07) is 12.3. The molecule has 0 bridgehead atoms. The van der Waals surface area contributed by atoms with Crippen LogP contribution in [0.1, 0.15) is 0 Å². The molecule has 0 saturated heterocycles. The fourth-order valence-electron chi connectivity index (χ4n) is 1.86. The normalized spacial score (nSPS) is 10.7. The van der Waals surface area contributed by atoms with Gasteiger partial charge >= 0.3 is 0 Å². The first kappa shape index (κ1) is 12.5. The summed E-state index contributed by atoms with van der Waals surface area (Å²) >= 11 is 5.84. The average Bonchev–Trinajstić information content (AvgIpc) is 2.88. The molecule has 100 valence electrons. The lowest BCUT2D eigenvalue weighted by Gasteiger charge is -1.99. The molecule has 0 fully saturated rings. The summed E-state index contributed by atoms with van der Waals surface area (Å²) < 4.78 is 5.24. The number of halogens is 1. The quantitative estimate of drug-likeness (QED) is 0.706. The SMILES string of the molecule is Nc1cc(N)cc(-c2nc(-c3ccc(Cl)cc3)no2)c1. The standard InChI is InChI=1S/C14H11ClN4O/c15-10-3-1-8(2-4-10)13-18-14(20-19-13)9-5-11(16)7-12(17)6-9/h1-7H,16-17H2. The third kappa shape index (κ3) is 2.44. The highest BCUT2D eigenvalue weighted by Gasteiger charge is 2.11. The van der Waals surface area contributed by atoms with Crippen LogP contribution >= 0.6 is 11.6 Å². The molecule has 5 nitrogen and oxygen atoms in total. The van der Waals surface area contributed by atoms with Gasteiger partial charge in [-0.1, -0.05) is 16.8 Å². The number of hydrogen-bond acceptors (Lipinski definition) is 5. The van der Waals surface area contributed by atoms with E-state index in [2.05, 4.69) is 10.1 Å². The molecule has 0 unspecified atom stereocenters. The molecule has 3 aromatic rings. The van der Waals surface area contributed by atoms with E-state index in [0.29, 0.717) is 33.7 Å². The topological polar surface area (TPSA) is 91.0 Å². The highest BCUT2D eigenvalue weighted by molar-refractivity contribution is 6.30. The van der Waals surface area contributed by atoms with Crippen molar-refractivity contribution in [3.05, 3.63) is 47.5 Å². The predicted octanol–water partition coefficient (Wildman–Crippen LogP) is 3.22. The summed E-state index contributed by atoms with van der Waals surface area (Å²) in [5.74, 6) is 0.853. The van der Waals surface area contributed by atoms with Gasteiger partial charge in [-0.05, 0) is 42.5 Å². The van der Waals surface area contributed by atoms with Gasteiger partial charge in [0.25, 0.3) is 5.89 Å². The molecule has 1 heterocycles. The number of rotatable bonds is 2. The minimum absolute atomic E-state index is 0.369. The Hall–Kier alpha value is -2.53. The molecule has 0 radical (unpaired) electrons. The number of anilines is 2. The van der Waals surface area contributed by atoms with Gasteiger partial charge in [-0.25, -0.2) is 0 Å².